The van der Waals surface area contributed by atoms with E-state index in [1.54, 1.807) is 0 Å². The number of benzene rings is 2. The minimum absolute atomic E-state index is 0.220. The zero-order valence-electron chi connectivity index (χ0n) is 15.0. The Balaban J connectivity index is 0.000000243. The Bertz CT molecular complexity index is 597. The number of para-hydroxylation sites is 1. The van der Waals surface area contributed by atoms with Gasteiger partial charge in [-0.05, 0) is 47.9 Å². The van der Waals surface area contributed by atoms with E-state index >= 15 is 0 Å². The highest BCUT2D eigenvalue weighted by Gasteiger charge is 2.10. The van der Waals surface area contributed by atoms with Crippen molar-refractivity contribution in [3.05, 3.63) is 63.1 Å². The van der Waals surface area contributed by atoms with Gasteiger partial charge in [0.25, 0.3) is 0 Å². The molecule has 0 aliphatic rings. The van der Waals surface area contributed by atoms with E-state index < -0.39 is 0 Å². The smallest absolute Gasteiger partial charge is 0.101 e. The molecule has 0 radical (unpaired) electrons. The van der Waals surface area contributed by atoms with Crippen LogP contribution in [0, 0.1) is 0 Å². The van der Waals surface area contributed by atoms with E-state index in [1.807, 2.05) is 32.0 Å². The standard InChI is InChI=1S/C10H13Br.C10H15NO2/c1-3-8-6-5-7-9(4-2)10(8)11;1-3-8-6-5-7-9(4-2)10(8)11(12)13/h5-7H,3-4H2,1-2H3;5-7,12-13H,3-4H2,1-2H3. The predicted molar refractivity (Wildman–Crippen MR) is 104 cm³/mol. The normalized spacial score (nSPS) is 10.1. The molecule has 0 unspecified atom stereocenters. The molecule has 0 aliphatic carbocycles. The van der Waals surface area contributed by atoms with Gasteiger partial charge in [-0.15, -0.1) is 5.23 Å². The van der Waals surface area contributed by atoms with E-state index in [0.717, 1.165) is 36.8 Å². The molecule has 0 aromatic heterocycles. The molecule has 0 fully saturated rings. The van der Waals surface area contributed by atoms with Gasteiger partial charge in [0.05, 0.1) is 0 Å². The number of rotatable bonds is 5. The van der Waals surface area contributed by atoms with Gasteiger partial charge in [0.2, 0.25) is 0 Å². The van der Waals surface area contributed by atoms with Crippen molar-refractivity contribution in [2.24, 2.45) is 0 Å². The molecule has 3 nitrogen and oxygen atoms in total. The van der Waals surface area contributed by atoms with Crippen molar-refractivity contribution in [3.8, 4) is 0 Å². The Morgan fingerprint density at radius 2 is 1.04 bits per heavy atom. The zero-order chi connectivity index (χ0) is 18.1. The monoisotopic (exact) mass is 393 g/mol. The first-order valence-electron chi connectivity index (χ1n) is 8.54. The summed E-state index contributed by atoms with van der Waals surface area (Å²) in [5.41, 5.74) is 5.23. The summed E-state index contributed by atoms with van der Waals surface area (Å²) in [6.45, 7) is 8.34. The van der Waals surface area contributed by atoms with Gasteiger partial charge in [-0.3, -0.25) is 10.4 Å². The maximum atomic E-state index is 9.04. The predicted octanol–water partition coefficient (Wildman–Crippen LogP) is 5.97. The van der Waals surface area contributed by atoms with Gasteiger partial charge in [-0.25, -0.2) is 0 Å². The van der Waals surface area contributed by atoms with Gasteiger partial charge in [0.1, 0.15) is 5.69 Å². The fourth-order valence-corrected chi connectivity index (χ4v) is 3.48. The maximum Gasteiger partial charge on any atom is 0.101 e. The summed E-state index contributed by atoms with van der Waals surface area (Å²) in [6.07, 6.45) is 3.80. The summed E-state index contributed by atoms with van der Waals surface area (Å²) in [5.74, 6) is 0. The minimum Gasteiger partial charge on any atom is -0.264 e. The molecule has 0 spiro atoms. The van der Waals surface area contributed by atoms with Crippen molar-refractivity contribution in [3.63, 3.8) is 0 Å². The summed E-state index contributed by atoms with van der Waals surface area (Å²) in [7, 11) is 0. The molecule has 0 aliphatic heterocycles. The molecule has 132 valence electrons. The molecule has 2 aromatic carbocycles. The second kappa shape index (κ2) is 10.5. The van der Waals surface area contributed by atoms with E-state index in [2.05, 4.69) is 48.0 Å². The van der Waals surface area contributed by atoms with Gasteiger partial charge in [0.15, 0.2) is 0 Å². The number of hydrogen-bond donors (Lipinski definition) is 2. The zero-order valence-corrected chi connectivity index (χ0v) is 16.6. The van der Waals surface area contributed by atoms with Crippen LogP contribution in [0.1, 0.15) is 49.9 Å². The second-order valence-electron chi connectivity index (χ2n) is 5.52. The minimum atomic E-state index is 0.220. The Hall–Kier alpha value is -1.36. The van der Waals surface area contributed by atoms with E-state index in [9.17, 15) is 0 Å². The molecule has 2 aromatic rings. The molecule has 4 heteroatoms. The van der Waals surface area contributed by atoms with Crippen molar-refractivity contribution >= 4 is 21.6 Å². The lowest BCUT2D eigenvalue weighted by Crippen LogP contribution is -2.15. The van der Waals surface area contributed by atoms with Crippen LogP contribution in [-0.4, -0.2) is 10.4 Å². The fraction of sp³-hybridized carbons (Fsp3) is 0.400. The molecule has 0 atom stereocenters. The van der Waals surface area contributed by atoms with Crippen LogP contribution in [0.15, 0.2) is 40.9 Å². The molecule has 2 rings (SSSR count). The molecular weight excluding hydrogens is 366 g/mol. The summed E-state index contributed by atoms with van der Waals surface area (Å²) in [5, 5.41) is 18.3. The average Bonchev–Trinajstić information content (AvgIpc) is 2.61. The highest BCUT2D eigenvalue weighted by Crippen LogP contribution is 2.24. The largest absolute Gasteiger partial charge is 0.264 e. The molecule has 0 heterocycles. The SMILES string of the molecule is CCc1cccc(CC)c1Br.CCc1cccc(CC)c1N(O)O. The number of anilines is 1. The molecular formula is C20H28BrNO2. The molecule has 0 bridgehead atoms. The highest BCUT2D eigenvalue weighted by molar-refractivity contribution is 9.10. The molecule has 0 saturated carbocycles. The number of hydrogen-bond acceptors (Lipinski definition) is 3. The van der Waals surface area contributed by atoms with Crippen molar-refractivity contribution in [1.29, 1.82) is 0 Å². The van der Waals surface area contributed by atoms with Crippen LogP contribution in [0.2, 0.25) is 0 Å². The van der Waals surface area contributed by atoms with Crippen LogP contribution in [0.25, 0.3) is 0 Å². The number of nitrogens with zero attached hydrogens (tertiary/aromatic N) is 1. The molecule has 24 heavy (non-hydrogen) atoms. The van der Waals surface area contributed by atoms with Crippen LogP contribution in [0.4, 0.5) is 5.69 Å². The van der Waals surface area contributed by atoms with Gasteiger partial charge < -0.3 is 0 Å². The third-order valence-electron chi connectivity index (χ3n) is 4.09. The lowest BCUT2D eigenvalue weighted by molar-refractivity contribution is 0.0282. The first kappa shape index (κ1) is 20.7. The molecule has 2 N–H and O–H groups in total. The van der Waals surface area contributed by atoms with E-state index in [1.165, 1.54) is 15.6 Å². The van der Waals surface area contributed by atoms with Crippen molar-refractivity contribution in [2.45, 2.75) is 53.4 Å². The fourth-order valence-electron chi connectivity index (χ4n) is 2.65. The summed E-state index contributed by atoms with van der Waals surface area (Å²) < 4.78 is 1.30. The van der Waals surface area contributed by atoms with Crippen LogP contribution >= 0.6 is 15.9 Å². The summed E-state index contributed by atoms with van der Waals surface area (Å²) in [4.78, 5) is 0. The van der Waals surface area contributed by atoms with Crippen molar-refractivity contribution in [2.75, 3.05) is 5.23 Å². The Morgan fingerprint density at radius 3 is 1.33 bits per heavy atom. The highest BCUT2D eigenvalue weighted by atomic mass is 79.9. The van der Waals surface area contributed by atoms with Crippen LogP contribution in [0.5, 0.6) is 0 Å². The topological polar surface area (TPSA) is 43.7 Å². The summed E-state index contributed by atoms with van der Waals surface area (Å²) >= 11 is 3.60. The Kier molecular flexibility index (Phi) is 9.04. The lowest BCUT2D eigenvalue weighted by Gasteiger charge is -2.16. The van der Waals surface area contributed by atoms with Gasteiger partial charge in [0, 0.05) is 4.47 Å². The third kappa shape index (κ3) is 5.33. The third-order valence-corrected chi connectivity index (χ3v) is 5.10. The van der Waals surface area contributed by atoms with Crippen molar-refractivity contribution in [1.82, 2.24) is 0 Å². The van der Waals surface area contributed by atoms with E-state index in [4.69, 9.17) is 10.4 Å². The number of halogens is 1. The quantitative estimate of drug-likeness (QED) is 0.614. The van der Waals surface area contributed by atoms with Crippen LogP contribution in [-0.2, 0) is 25.7 Å². The second-order valence-corrected chi connectivity index (χ2v) is 6.31. The van der Waals surface area contributed by atoms with Crippen LogP contribution < -0.4 is 5.23 Å². The summed E-state index contributed by atoms with van der Waals surface area (Å²) in [6, 6.07) is 12.2. The lowest BCUT2D eigenvalue weighted by atomic mass is 10.0. The first-order valence-corrected chi connectivity index (χ1v) is 9.34. The van der Waals surface area contributed by atoms with E-state index in [-0.39, 0.29) is 5.23 Å². The molecule has 0 saturated heterocycles. The first-order chi connectivity index (χ1) is 11.5. The maximum absolute atomic E-state index is 9.04. The van der Waals surface area contributed by atoms with Gasteiger partial charge in [-0.1, -0.05) is 80.0 Å². The Labute approximate surface area is 154 Å². The van der Waals surface area contributed by atoms with Gasteiger partial charge >= 0.3 is 0 Å². The number of aryl methyl sites for hydroxylation is 4. The van der Waals surface area contributed by atoms with Crippen molar-refractivity contribution < 1.29 is 10.4 Å². The average molecular weight is 394 g/mol. The Morgan fingerprint density at radius 1 is 0.708 bits per heavy atom. The van der Waals surface area contributed by atoms with E-state index in [0.29, 0.717) is 5.69 Å². The van der Waals surface area contributed by atoms with Crippen LogP contribution in [0.3, 0.4) is 0 Å². The molecule has 0 amide bonds. The van der Waals surface area contributed by atoms with Gasteiger partial charge in [-0.2, -0.15) is 0 Å².